The third-order valence-corrected chi connectivity index (χ3v) is 5.75. The molecule has 0 unspecified atom stereocenters. The number of fused-ring (bicyclic) bond motifs is 1. The van der Waals surface area contributed by atoms with Crippen molar-refractivity contribution < 1.29 is 0 Å². The average Bonchev–Trinajstić information content (AvgIpc) is 2.53. The van der Waals surface area contributed by atoms with E-state index in [4.69, 9.17) is 0 Å². The number of allylic oxidation sites excluding steroid dienone is 4. The zero-order chi connectivity index (χ0) is 15.8. The number of hydrogen-bond acceptors (Lipinski definition) is 1. The van der Waals surface area contributed by atoms with Crippen LogP contribution in [0.3, 0.4) is 0 Å². The first kappa shape index (κ1) is 15.2. The van der Waals surface area contributed by atoms with Crippen LogP contribution in [0.5, 0.6) is 0 Å². The highest BCUT2D eigenvalue weighted by atomic mass is 79.9. The lowest BCUT2D eigenvalue weighted by molar-refractivity contribution is 0.836. The van der Waals surface area contributed by atoms with Crippen LogP contribution in [0.1, 0.15) is 24.0 Å². The number of aryl methyl sites for hydroxylation is 2. The average molecular weight is 431 g/mol. The highest BCUT2D eigenvalue weighted by molar-refractivity contribution is 9.11. The lowest BCUT2D eigenvalue weighted by Crippen LogP contribution is -2.19. The molecule has 4 rings (SSSR count). The van der Waals surface area contributed by atoms with Crippen molar-refractivity contribution in [1.29, 1.82) is 0 Å². The summed E-state index contributed by atoms with van der Waals surface area (Å²) in [5.41, 5.74) is 6.82. The Kier molecular flexibility index (Phi) is 4.16. The second-order valence-corrected chi connectivity index (χ2v) is 7.97. The number of halogens is 2. The minimum absolute atomic E-state index is 1.05. The first-order valence-corrected chi connectivity index (χ1v) is 9.52. The molecule has 0 amide bonds. The van der Waals surface area contributed by atoms with Crippen molar-refractivity contribution in [3.63, 3.8) is 0 Å². The Hall–Kier alpha value is -1.32. The molecule has 0 aliphatic heterocycles. The van der Waals surface area contributed by atoms with Crippen molar-refractivity contribution in [3.8, 4) is 0 Å². The van der Waals surface area contributed by atoms with E-state index in [-0.39, 0.29) is 0 Å². The van der Waals surface area contributed by atoms with E-state index in [1.807, 2.05) is 0 Å². The van der Waals surface area contributed by atoms with Crippen LogP contribution in [0.15, 0.2) is 69.3 Å². The number of nitrogens with zero attached hydrogens (tertiary/aromatic N) is 1. The fourth-order valence-electron chi connectivity index (χ4n) is 3.18. The van der Waals surface area contributed by atoms with Crippen molar-refractivity contribution in [2.45, 2.75) is 25.7 Å². The normalized spacial score (nSPS) is 16.1. The molecule has 23 heavy (non-hydrogen) atoms. The Morgan fingerprint density at radius 3 is 2.04 bits per heavy atom. The maximum absolute atomic E-state index is 3.61. The molecule has 116 valence electrons. The number of benzene rings is 2. The zero-order valence-corrected chi connectivity index (χ0v) is 15.9. The fraction of sp³-hybridized carbons (Fsp3) is 0.200. The summed E-state index contributed by atoms with van der Waals surface area (Å²) in [5.74, 6) is 0. The van der Waals surface area contributed by atoms with Crippen molar-refractivity contribution in [1.82, 2.24) is 0 Å². The summed E-state index contributed by atoms with van der Waals surface area (Å²) in [4.78, 5) is 2.39. The molecular weight excluding hydrogens is 414 g/mol. The predicted molar refractivity (Wildman–Crippen MR) is 104 cm³/mol. The van der Waals surface area contributed by atoms with Gasteiger partial charge in [-0.1, -0.05) is 44.0 Å². The van der Waals surface area contributed by atoms with E-state index >= 15 is 0 Å². The Labute approximate surface area is 154 Å². The highest BCUT2D eigenvalue weighted by Gasteiger charge is 2.20. The molecule has 2 aliphatic carbocycles. The van der Waals surface area contributed by atoms with Crippen LogP contribution in [0.4, 0.5) is 11.4 Å². The van der Waals surface area contributed by atoms with Gasteiger partial charge in [0.25, 0.3) is 0 Å². The standard InChI is InChI=1S/C20H17Br2N/c21-16-4-9-18(10-5-16)23(19-11-6-17(22)7-12-19)20-8-3-14-1-2-15(14)13-20/h3-6,8-11,13H,1-2,7,12H2. The Morgan fingerprint density at radius 2 is 1.43 bits per heavy atom. The topological polar surface area (TPSA) is 3.24 Å². The third kappa shape index (κ3) is 3.05. The van der Waals surface area contributed by atoms with E-state index in [2.05, 4.69) is 91.4 Å². The number of hydrogen-bond donors (Lipinski definition) is 0. The maximum atomic E-state index is 3.61. The monoisotopic (exact) mass is 429 g/mol. The second-order valence-electron chi connectivity index (χ2n) is 6.04. The van der Waals surface area contributed by atoms with Gasteiger partial charge < -0.3 is 4.90 Å². The van der Waals surface area contributed by atoms with Gasteiger partial charge in [0.15, 0.2) is 0 Å². The molecule has 1 nitrogen and oxygen atoms in total. The van der Waals surface area contributed by atoms with E-state index in [0.717, 1.165) is 17.3 Å². The molecule has 0 bridgehead atoms. The van der Waals surface area contributed by atoms with Crippen LogP contribution in [-0.2, 0) is 12.8 Å². The molecule has 0 spiro atoms. The number of rotatable bonds is 3. The van der Waals surface area contributed by atoms with Gasteiger partial charge >= 0.3 is 0 Å². The first-order valence-electron chi connectivity index (χ1n) is 7.93. The molecule has 0 heterocycles. The largest absolute Gasteiger partial charge is 0.314 e. The number of anilines is 2. The van der Waals surface area contributed by atoms with Crippen LogP contribution in [0, 0.1) is 0 Å². The van der Waals surface area contributed by atoms with Gasteiger partial charge in [-0.15, -0.1) is 0 Å². The lowest BCUT2D eigenvalue weighted by atomic mass is 9.88. The van der Waals surface area contributed by atoms with Gasteiger partial charge in [-0.05, 0) is 83.8 Å². The van der Waals surface area contributed by atoms with Crippen molar-refractivity contribution >= 4 is 43.2 Å². The molecule has 2 aromatic rings. The highest BCUT2D eigenvalue weighted by Crippen LogP contribution is 2.37. The molecule has 2 aromatic carbocycles. The van der Waals surface area contributed by atoms with Crippen LogP contribution < -0.4 is 4.90 Å². The summed E-state index contributed by atoms with van der Waals surface area (Å²) < 4.78 is 2.38. The molecule has 0 saturated heterocycles. The summed E-state index contributed by atoms with van der Waals surface area (Å²) >= 11 is 7.15. The first-order chi connectivity index (χ1) is 11.2. The molecule has 2 aliphatic rings. The second kappa shape index (κ2) is 6.29. The van der Waals surface area contributed by atoms with Gasteiger partial charge in [0.2, 0.25) is 0 Å². The molecule has 0 radical (unpaired) electrons. The summed E-state index contributed by atoms with van der Waals surface area (Å²) in [5, 5.41) is 0. The van der Waals surface area contributed by atoms with Gasteiger partial charge in [0.1, 0.15) is 0 Å². The van der Waals surface area contributed by atoms with Crippen LogP contribution in [0.2, 0.25) is 0 Å². The maximum Gasteiger partial charge on any atom is 0.0461 e. The molecule has 3 heteroatoms. The van der Waals surface area contributed by atoms with Crippen molar-refractivity contribution in [3.05, 3.63) is 80.4 Å². The molecule has 0 fully saturated rings. The molecule has 0 aromatic heterocycles. The molecule has 0 saturated carbocycles. The van der Waals surface area contributed by atoms with E-state index in [1.54, 1.807) is 0 Å². The van der Waals surface area contributed by atoms with Gasteiger partial charge in [-0.2, -0.15) is 0 Å². The summed E-state index contributed by atoms with van der Waals surface area (Å²) in [6.07, 6.45) is 8.95. The van der Waals surface area contributed by atoms with E-state index in [1.165, 1.54) is 45.5 Å². The van der Waals surface area contributed by atoms with Crippen molar-refractivity contribution in [2.24, 2.45) is 0 Å². The predicted octanol–water partition coefficient (Wildman–Crippen LogP) is 6.64. The minimum Gasteiger partial charge on any atom is -0.314 e. The summed E-state index contributed by atoms with van der Waals surface area (Å²) in [6, 6.07) is 15.5. The van der Waals surface area contributed by atoms with Gasteiger partial charge in [0, 0.05) is 21.5 Å². The smallest absolute Gasteiger partial charge is 0.0461 e. The summed E-state index contributed by atoms with van der Waals surface area (Å²) in [7, 11) is 0. The Morgan fingerprint density at radius 1 is 0.696 bits per heavy atom. The third-order valence-electron chi connectivity index (χ3n) is 4.56. The van der Waals surface area contributed by atoms with Gasteiger partial charge in [0.05, 0.1) is 0 Å². The lowest BCUT2D eigenvalue weighted by Gasteiger charge is -2.31. The zero-order valence-electron chi connectivity index (χ0n) is 12.7. The van der Waals surface area contributed by atoms with Crippen LogP contribution in [-0.4, -0.2) is 0 Å². The summed E-state index contributed by atoms with van der Waals surface area (Å²) in [6.45, 7) is 0. The van der Waals surface area contributed by atoms with E-state index < -0.39 is 0 Å². The van der Waals surface area contributed by atoms with Crippen LogP contribution in [0.25, 0.3) is 0 Å². The van der Waals surface area contributed by atoms with Crippen LogP contribution >= 0.6 is 31.9 Å². The Balaban J connectivity index is 1.79. The van der Waals surface area contributed by atoms with Crippen molar-refractivity contribution in [2.75, 3.05) is 4.90 Å². The van der Waals surface area contributed by atoms with Gasteiger partial charge in [-0.3, -0.25) is 0 Å². The quantitative estimate of drug-likeness (QED) is 0.527. The van der Waals surface area contributed by atoms with Gasteiger partial charge in [-0.25, -0.2) is 0 Å². The molecule has 0 atom stereocenters. The SMILES string of the molecule is BrC1=CC=C(N(c2ccc(Br)cc2)c2ccc3c(c2)CC3)CC1. The fourth-order valence-corrected chi connectivity index (χ4v) is 3.77. The molecule has 0 N–H and O–H groups in total. The Bertz CT molecular complexity index is 803. The minimum atomic E-state index is 1.05. The van der Waals surface area contributed by atoms with E-state index in [9.17, 15) is 0 Å². The molecular formula is C20H17Br2N. The van der Waals surface area contributed by atoms with E-state index in [0.29, 0.717) is 0 Å².